The summed E-state index contributed by atoms with van der Waals surface area (Å²) in [5.74, 6) is 0.941. The van der Waals surface area contributed by atoms with Gasteiger partial charge in [0.05, 0.1) is 0 Å². The number of unbranched alkanes of at least 4 members (excludes halogenated alkanes) is 12. The predicted molar refractivity (Wildman–Crippen MR) is 104 cm³/mol. The summed E-state index contributed by atoms with van der Waals surface area (Å²) in [6.45, 7) is 6.98. The van der Waals surface area contributed by atoms with Crippen LogP contribution in [0, 0.1) is 5.92 Å². The Bertz CT molecular complexity index is 216. The van der Waals surface area contributed by atoms with E-state index in [1.807, 2.05) is 0 Å². The van der Waals surface area contributed by atoms with Gasteiger partial charge in [0, 0.05) is 0 Å². The highest BCUT2D eigenvalue weighted by molar-refractivity contribution is 4.81. The van der Waals surface area contributed by atoms with Gasteiger partial charge < -0.3 is 0 Å². The zero-order valence-corrected chi connectivity index (χ0v) is 16.0. The Morgan fingerprint density at radius 3 is 1.55 bits per heavy atom. The van der Waals surface area contributed by atoms with Crippen molar-refractivity contribution < 1.29 is 0 Å². The molecule has 0 aliphatic carbocycles. The van der Waals surface area contributed by atoms with Gasteiger partial charge in [-0.15, -0.1) is 0 Å². The standard InChI is InChI=1S/C22H44/c1-4-6-7-8-9-10-11-12-13-14-15-16-17-18-19-20-21-22(3)5-2/h12-13,22H,4-11,14-21H2,1-3H3. The minimum atomic E-state index is 0.941. The van der Waals surface area contributed by atoms with Crippen LogP contribution in [0.2, 0.25) is 0 Å². The summed E-state index contributed by atoms with van der Waals surface area (Å²) < 4.78 is 0. The molecule has 0 aliphatic heterocycles. The van der Waals surface area contributed by atoms with Gasteiger partial charge in [-0.3, -0.25) is 0 Å². The average molecular weight is 309 g/mol. The molecule has 0 amide bonds. The predicted octanol–water partition coefficient (Wildman–Crippen LogP) is 8.46. The van der Waals surface area contributed by atoms with E-state index in [0.29, 0.717) is 0 Å². The second-order valence-electron chi connectivity index (χ2n) is 7.24. The molecule has 0 rings (SSSR count). The molecule has 1 atom stereocenters. The van der Waals surface area contributed by atoms with Crippen LogP contribution in [0.4, 0.5) is 0 Å². The number of hydrogen-bond acceptors (Lipinski definition) is 0. The first-order valence-corrected chi connectivity index (χ1v) is 10.5. The lowest BCUT2D eigenvalue weighted by molar-refractivity contribution is 0.471. The van der Waals surface area contributed by atoms with Crippen LogP contribution >= 0.6 is 0 Å². The lowest BCUT2D eigenvalue weighted by atomic mass is 10.00. The first-order chi connectivity index (χ1) is 10.8. The molecule has 0 bridgehead atoms. The van der Waals surface area contributed by atoms with Crippen LogP contribution < -0.4 is 0 Å². The fraction of sp³-hybridized carbons (Fsp3) is 0.909. The van der Waals surface area contributed by atoms with Crippen molar-refractivity contribution in [1.82, 2.24) is 0 Å². The van der Waals surface area contributed by atoms with Gasteiger partial charge in [-0.1, -0.05) is 110 Å². The molecule has 0 aromatic rings. The van der Waals surface area contributed by atoms with Crippen LogP contribution in [0.15, 0.2) is 12.2 Å². The van der Waals surface area contributed by atoms with Gasteiger partial charge in [-0.05, 0) is 31.6 Å². The van der Waals surface area contributed by atoms with Crippen molar-refractivity contribution in [2.24, 2.45) is 5.92 Å². The van der Waals surface area contributed by atoms with E-state index >= 15 is 0 Å². The van der Waals surface area contributed by atoms with Crippen LogP contribution in [-0.4, -0.2) is 0 Å². The lowest BCUT2D eigenvalue weighted by Crippen LogP contribution is -1.91. The molecule has 0 aromatic heterocycles. The molecular formula is C22H44. The number of allylic oxidation sites excluding steroid dienone is 2. The van der Waals surface area contributed by atoms with Crippen LogP contribution in [0.5, 0.6) is 0 Å². The van der Waals surface area contributed by atoms with Crippen LogP contribution in [0.25, 0.3) is 0 Å². The number of hydrogen-bond donors (Lipinski definition) is 0. The summed E-state index contributed by atoms with van der Waals surface area (Å²) in [4.78, 5) is 0. The molecule has 1 unspecified atom stereocenters. The van der Waals surface area contributed by atoms with E-state index in [0.717, 1.165) is 5.92 Å². The van der Waals surface area contributed by atoms with Crippen LogP contribution in [-0.2, 0) is 0 Å². The normalized spacial score (nSPS) is 13.0. The molecule has 22 heavy (non-hydrogen) atoms. The molecule has 0 saturated heterocycles. The van der Waals surface area contributed by atoms with E-state index in [1.165, 1.54) is 103 Å². The summed E-state index contributed by atoms with van der Waals surface area (Å²) in [7, 11) is 0. The number of rotatable bonds is 17. The molecule has 0 saturated carbocycles. The summed E-state index contributed by atoms with van der Waals surface area (Å²) in [5, 5.41) is 0. The maximum absolute atomic E-state index is 2.43. The maximum atomic E-state index is 2.43. The zero-order chi connectivity index (χ0) is 16.3. The van der Waals surface area contributed by atoms with Gasteiger partial charge in [0.25, 0.3) is 0 Å². The van der Waals surface area contributed by atoms with Crippen molar-refractivity contribution in [3.63, 3.8) is 0 Å². The molecule has 0 spiro atoms. The SMILES string of the molecule is CCCCCCCCC=CCCCCCCCCC(C)CC. The molecule has 0 nitrogen and oxygen atoms in total. The van der Waals surface area contributed by atoms with E-state index in [-0.39, 0.29) is 0 Å². The summed E-state index contributed by atoms with van der Waals surface area (Å²) in [5.41, 5.74) is 0. The van der Waals surface area contributed by atoms with Crippen molar-refractivity contribution in [1.29, 1.82) is 0 Å². The summed E-state index contributed by atoms with van der Waals surface area (Å²) in [6.07, 6.45) is 27.4. The monoisotopic (exact) mass is 308 g/mol. The minimum absolute atomic E-state index is 0.941. The lowest BCUT2D eigenvalue weighted by Gasteiger charge is -2.07. The van der Waals surface area contributed by atoms with Crippen molar-refractivity contribution in [2.45, 2.75) is 124 Å². The van der Waals surface area contributed by atoms with E-state index < -0.39 is 0 Å². The molecule has 0 aliphatic rings. The molecule has 0 heterocycles. The quantitative estimate of drug-likeness (QED) is 0.187. The molecular weight excluding hydrogens is 264 g/mol. The second-order valence-corrected chi connectivity index (χ2v) is 7.24. The first kappa shape index (κ1) is 21.7. The third kappa shape index (κ3) is 17.8. The third-order valence-electron chi connectivity index (χ3n) is 4.91. The largest absolute Gasteiger partial charge is 0.0885 e. The van der Waals surface area contributed by atoms with E-state index in [4.69, 9.17) is 0 Å². The van der Waals surface area contributed by atoms with Crippen molar-refractivity contribution in [3.8, 4) is 0 Å². The minimum Gasteiger partial charge on any atom is -0.0885 e. The fourth-order valence-corrected chi connectivity index (χ4v) is 2.94. The topological polar surface area (TPSA) is 0 Å². The molecule has 0 heteroatoms. The van der Waals surface area contributed by atoms with Crippen LogP contribution in [0.3, 0.4) is 0 Å². The third-order valence-corrected chi connectivity index (χ3v) is 4.91. The van der Waals surface area contributed by atoms with E-state index in [1.54, 1.807) is 0 Å². The van der Waals surface area contributed by atoms with Gasteiger partial charge in [0.2, 0.25) is 0 Å². The summed E-state index contributed by atoms with van der Waals surface area (Å²) in [6, 6.07) is 0. The van der Waals surface area contributed by atoms with Gasteiger partial charge in [-0.2, -0.15) is 0 Å². The van der Waals surface area contributed by atoms with Crippen molar-refractivity contribution in [3.05, 3.63) is 12.2 Å². The van der Waals surface area contributed by atoms with Crippen molar-refractivity contribution in [2.75, 3.05) is 0 Å². The molecule has 0 N–H and O–H groups in total. The van der Waals surface area contributed by atoms with Crippen LogP contribution in [0.1, 0.15) is 124 Å². The van der Waals surface area contributed by atoms with E-state index in [2.05, 4.69) is 32.9 Å². The Balaban J connectivity index is 3.08. The van der Waals surface area contributed by atoms with Crippen molar-refractivity contribution >= 4 is 0 Å². The average Bonchev–Trinajstić information content (AvgIpc) is 2.54. The molecule has 0 radical (unpaired) electrons. The van der Waals surface area contributed by atoms with Gasteiger partial charge in [0.1, 0.15) is 0 Å². The maximum Gasteiger partial charge on any atom is -0.0351 e. The van der Waals surface area contributed by atoms with Gasteiger partial charge in [0.15, 0.2) is 0 Å². The fourth-order valence-electron chi connectivity index (χ4n) is 2.94. The summed E-state index contributed by atoms with van der Waals surface area (Å²) >= 11 is 0. The van der Waals surface area contributed by atoms with Gasteiger partial charge in [-0.25, -0.2) is 0 Å². The second kappa shape index (κ2) is 18.8. The molecule has 0 aromatic carbocycles. The van der Waals surface area contributed by atoms with Gasteiger partial charge >= 0.3 is 0 Å². The molecule has 0 fully saturated rings. The van der Waals surface area contributed by atoms with E-state index in [9.17, 15) is 0 Å². The Morgan fingerprint density at radius 2 is 1.05 bits per heavy atom. The Hall–Kier alpha value is -0.260. The first-order valence-electron chi connectivity index (χ1n) is 10.5. The Labute approximate surface area is 142 Å². The highest BCUT2D eigenvalue weighted by Gasteiger charge is 1.97. The highest BCUT2D eigenvalue weighted by Crippen LogP contribution is 2.14. The highest BCUT2D eigenvalue weighted by atomic mass is 14.0. The Kier molecular flexibility index (Phi) is 18.6. The zero-order valence-electron chi connectivity index (χ0n) is 16.0. The smallest absolute Gasteiger partial charge is 0.0351 e. The Morgan fingerprint density at radius 1 is 0.591 bits per heavy atom. The molecule has 132 valence electrons.